The molecule has 1 heterocycles. The second-order valence-electron chi connectivity index (χ2n) is 7.38. The molecule has 0 spiro atoms. The van der Waals surface area contributed by atoms with Crippen molar-refractivity contribution in [2.24, 2.45) is 0 Å². The van der Waals surface area contributed by atoms with Crippen LogP contribution in [-0.4, -0.2) is 41.2 Å². The van der Waals surface area contributed by atoms with Crippen LogP contribution in [0.25, 0.3) is 10.9 Å². The van der Waals surface area contributed by atoms with Gasteiger partial charge >= 0.3 is 11.9 Å². The van der Waals surface area contributed by atoms with Crippen molar-refractivity contribution in [3.05, 3.63) is 76.5 Å². The van der Waals surface area contributed by atoms with Crippen LogP contribution in [0.2, 0.25) is 5.02 Å². The van der Waals surface area contributed by atoms with Gasteiger partial charge in [-0.3, -0.25) is 14.2 Å². The summed E-state index contributed by atoms with van der Waals surface area (Å²) in [6.45, 7) is 3.31. The summed E-state index contributed by atoms with van der Waals surface area (Å²) in [4.78, 5) is 37.3. The molecule has 0 saturated heterocycles. The van der Waals surface area contributed by atoms with Gasteiger partial charge in [0, 0.05) is 27.7 Å². The molecule has 1 atom stereocenters. The van der Waals surface area contributed by atoms with Gasteiger partial charge in [-0.2, -0.15) is 0 Å². The molecule has 7 nitrogen and oxygen atoms in total. The van der Waals surface area contributed by atoms with E-state index in [4.69, 9.17) is 21.1 Å². The molecule has 0 amide bonds. The Kier molecular flexibility index (Phi) is 7.55. The summed E-state index contributed by atoms with van der Waals surface area (Å²) >= 11 is 5.96. The van der Waals surface area contributed by atoms with Crippen LogP contribution in [0.4, 0.5) is 0 Å². The number of nitrogens with zero attached hydrogens (tertiary/aromatic N) is 1. The third kappa shape index (κ3) is 5.09. The second-order valence-corrected chi connectivity index (χ2v) is 7.81. The number of aliphatic carboxylic acids is 1. The number of fused-ring (bicyclic) bond motifs is 1. The molecule has 1 aromatic heterocycles. The summed E-state index contributed by atoms with van der Waals surface area (Å²) in [6, 6.07) is 11.6. The number of aromatic nitrogens is 1. The monoisotopic (exact) mass is 469 g/mol. The van der Waals surface area contributed by atoms with E-state index in [1.165, 1.54) is 17.8 Å². The van der Waals surface area contributed by atoms with Gasteiger partial charge in [-0.25, -0.2) is 4.79 Å². The van der Waals surface area contributed by atoms with Gasteiger partial charge in [0.25, 0.3) is 5.91 Å². The van der Waals surface area contributed by atoms with Crippen molar-refractivity contribution in [1.82, 2.24) is 4.57 Å². The molecule has 0 aliphatic carbocycles. The first-order valence-corrected chi connectivity index (χ1v) is 10.7. The summed E-state index contributed by atoms with van der Waals surface area (Å²) in [5.74, 6) is -2.41. The van der Waals surface area contributed by atoms with Crippen molar-refractivity contribution in [2.75, 3.05) is 13.7 Å². The van der Waals surface area contributed by atoms with E-state index in [0.717, 1.165) is 0 Å². The zero-order valence-corrected chi connectivity index (χ0v) is 19.3. The molecule has 0 saturated carbocycles. The quantitative estimate of drug-likeness (QED) is 0.369. The Bertz CT molecular complexity index is 1230. The first kappa shape index (κ1) is 24.1. The first-order chi connectivity index (χ1) is 15.8. The van der Waals surface area contributed by atoms with Gasteiger partial charge in [0.05, 0.1) is 25.2 Å². The number of hydrogen-bond donors (Lipinski definition) is 1. The van der Waals surface area contributed by atoms with Crippen molar-refractivity contribution in [3.63, 3.8) is 0 Å². The molecular weight excluding hydrogens is 446 g/mol. The number of methoxy groups -OCH3 is 1. The normalized spacial score (nSPS) is 12.1. The number of ether oxygens (including phenoxy) is 2. The van der Waals surface area contributed by atoms with Crippen molar-refractivity contribution in [2.45, 2.75) is 26.2 Å². The van der Waals surface area contributed by atoms with E-state index in [-0.39, 0.29) is 18.9 Å². The summed E-state index contributed by atoms with van der Waals surface area (Å²) in [5.41, 5.74) is 1.93. The average Bonchev–Trinajstić information content (AvgIpc) is 3.07. The van der Waals surface area contributed by atoms with Gasteiger partial charge in [0.1, 0.15) is 5.75 Å². The molecule has 0 fully saturated rings. The molecule has 0 bridgehead atoms. The number of carboxylic acids is 1. The maximum Gasteiger partial charge on any atom is 0.330 e. The molecule has 1 N–H and O–H groups in total. The highest BCUT2D eigenvalue weighted by Gasteiger charge is 2.30. The minimum atomic E-state index is -1.08. The zero-order chi connectivity index (χ0) is 24.1. The molecule has 172 valence electrons. The minimum Gasteiger partial charge on any atom is -0.497 e. The van der Waals surface area contributed by atoms with Crippen molar-refractivity contribution in [1.29, 1.82) is 0 Å². The summed E-state index contributed by atoms with van der Waals surface area (Å²) in [7, 11) is 1.51. The number of halogens is 1. The predicted octanol–water partition coefficient (Wildman–Crippen LogP) is 4.98. The van der Waals surface area contributed by atoms with Crippen LogP contribution in [0.3, 0.4) is 0 Å². The average molecular weight is 470 g/mol. The maximum atomic E-state index is 13.4. The van der Waals surface area contributed by atoms with Gasteiger partial charge in [-0.1, -0.05) is 17.7 Å². The molecule has 2 aromatic carbocycles. The lowest BCUT2D eigenvalue weighted by atomic mass is 9.93. The molecule has 0 aliphatic heterocycles. The highest BCUT2D eigenvalue weighted by molar-refractivity contribution is 6.30. The molecule has 0 aliphatic rings. The molecule has 33 heavy (non-hydrogen) atoms. The topological polar surface area (TPSA) is 94.8 Å². The Morgan fingerprint density at radius 3 is 2.45 bits per heavy atom. The van der Waals surface area contributed by atoms with Crippen LogP contribution >= 0.6 is 11.6 Å². The fourth-order valence-electron chi connectivity index (χ4n) is 3.82. The minimum absolute atomic E-state index is 0.0466. The first-order valence-electron chi connectivity index (χ1n) is 10.3. The predicted molar refractivity (Wildman–Crippen MR) is 125 cm³/mol. The lowest BCUT2D eigenvalue weighted by Gasteiger charge is -2.14. The van der Waals surface area contributed by atoms with E-state index in [2.05, 4.69) is 0 Å². The Labute approximate surface area is 196 Å². The Morgan fingerprint density at radius 1 is 1.15 bits per heavy atom. The van der Waals surface area contributed by atoms with Gasteiger partial charge < -0.3 is 14.6 Å². The molecule has 8 heteroatoms. The van der Waals surface area contributed by atoms with Gasteiger partial charge in [0.15, 0.2) is 0 Å². The van der Waals surface area contributed by atoms with E-state index in [1.54, 1.807) is 62.4 Å². The number of carbonyl (C=O) groups is 3. The van der Waals surface area contributed by atoms with Crippen molar-refractivity contribution in [3.8, 4) is 5.75 Å². The maximum absolute atomic E-state index is 13.4. The van der Waals surface area contributed by atoms with Crippen LogP contribution in [0.1, 0.15) is 40.9 Å². The fourth-order valence-corrected chi connectivity index (χ4v) is 3.95. The Balaban J connectivity index is 2.12. The zero-order valence-electron chi connectivity index (χ0n) is 18.5. The van der Waals surface area contributed by atoms with E-state index in [1.807, 2.05) is 0 Å². The number of hydrogen-bond acceptors (Lipinski definition) is 5. The number of esters is 1. The molecule has 3 rings (SSSR count). The van der Waals surface area contributed by atoms with E-state index in [9.17, 15) is 19.5 Å². The SMILES string of the molecule is CC=CC(=O)OCCC(C(=O)O)c1c(C)n(C(=O)c2ccc(Cl)cc2)c2ccc(OC)cc12. The van der Waals surface area contributed by atoms with Gasteiger partial charge in [-0.15, -0.1) is 0 Å². The summed E-state index contributed by atoms with van der Waals surface area (Å²) in [6.07, 6.45) is 2.86. The summed E-state index contributed by atoms with van der Waals surface area (Å²) < 4.78 is 11.9. The lowest BCUT2D eigenvalue weighted by molar-refractivity contribution is -0.142. The standard InChI is InChI=1S/C25H24ClNO6/c1-4-5-22(28)33-13-12-19(25(30)31)23-15(2)27(21-11-10-18(32-3)14-20(21)23)24(29)16-6-8-17(26)9-7-16/h4-11,14,19H,12-13H2,1-3H3,(H,30,31). The third-order valence-electron chi connectivity index (χ3n) is 5.35. The second kappa shape index (κ2) is 10.4. The smallest absolute Gasteiger partial charge is 0.330 e. The van der Waals surface area contributed by atoms with E-state index < -0.39 is 17.9 Å². The van der Waals surface area contributed by atoms with Crippen LogP contribution in [0, 0.1) is 6.92 Å². The van der Waals surface area contributed by atoms with Crippen LogP contribution < -0.4 is 4.74 Å². The van der Waals surface area contributed by atoms with E-state index >= 15 is 0 Å². The fraction of sp³-hybridized carbons (Fsp3) is 0.240. The number of benzene rings is 2. The summed E-state index contributed by atoms with van der Waals surface area (Å²) in [5, 5.41) is 11.1. The highest BCUT2D eigenvalue weighted by Crippen LogP contribution is 2.36. The Morgan fingerprint density at radius 2 is 1.85 bits per heavy atom. The van der Waals surface area contributed by atoms with Crippen LogP contribution in [-0.2, 0) is 14.3 Å². The Hall–Kier alpha value is -3.58. The number of carbonyl (C=O) groups excluding carboxylic acids is 2. The van der Waals surface area contributed by atoms with Crippen LogP contribution in [0.15, 0.2) is 54.6 Å². The number of rotatable bonds is 8. The molecule has 1 unspecified atom stereocenters. The largest absolute Gasteiger partial charge is 0.497 e. The number of allylic oxidation sites excluding steroid dienone is 1. The van der Waals surface area contributed by atoms with Crippen LogP contribution in [0.5, 0.6) is 5.75 Å². The van der Waals surface area contributed by atoms with Crippen molar-refractivity contribution >= 4 is 40.3 Å². The lowest BCUT2D eigenvalue weighted by Crippen LogP contribution is -2.18. The van der Waals surface area contributed by atoms with E-state index in [0.29, 0.717) is 38.5 Å². The van der Waals surface area contributed by atoms with Gasteiger partial charge in [-0.05, 0) is 68.3 Å². The molecule has 3 aromatic rings. The van der Waals surface area contributed by atoms with Crippen molar-refractivity contribution < 1.29 is 29.0 Å². The number of carboxylic acid groups (broad SMARTS) is 1. The highest BCUT2D eigenvalue weighted by atomic mass is 35.5. The molecule has 0 radical (unpaired) electrons. The molecular formula is C25H24ClNO6. The van der Waals surface area contributed by atoms with Gasteiger partial charge in [0.2, 0.25) is 0 Å². The third-order valence-corrected chi connectivity index (χ3v) is 5.61.